The second kappa shape index (κ2) is 9.23. The van der Waals surface area contributed by atoms with Gasteiger partial charge < -0.3 is 30.3 Å². The van der Waals surface area contributed by atoms with Gasteiger partial charge in [0.1, 0.15) is 24.4 Å². The van der Waals surface area contributed by atoms with E-state index in [0.717, 1.165) is 0 Å². The van der Waals surface area contributed by atoms with Crippen molar-refractivity contribution in [3.8, 4) is 0 Å². The van der Waals surface area contributed by atoms with Crippen LogP contribution >= 0.6 is 0 Å². The van der Waals surface area contributed by atoms with Gasteiger partial charge in [0.2, 0.25) is 0 Å². The van der Waals surface area contributed by atoms with Crippen LogP contribution in [0.3, 0.4) is 0 Å². The summed E-state index contributed by atoms with van der Waals surface area (Å²) in [5.74, 6) is -0.241. The molecule has 0 aromatic rings. The van der Waals surface area contributed by atoms with E-state index >= 15 is 0 Å². The van der Waals surface area contributed by atoms with Crippen LogP contribution < -0.4 is 0 Å². The molecule has 0 radical (unpaired) electrons. The summed E-state index contributed by atoms with van der Waals surface area (Å²) in [6, 6.07) is 0. The minimum atomic E-state index is -1.79. The molecule has 0 bridgehead atoms. The second-order valence-electron chi connectivity index (χ2n) is 3.83. The molecule has 1 aliphatic carbocycles. The second-order valence-corrected chi connectivity index (χ2v) is 3.83. The largest absolute Gasteiger partial charge is 0.394 e. The molecule has 0 saturated heterocycles. The van der Waals surface area contributed by atoms with E-state index in [0.29, 0.717) is 0 Å². The van der Waals surface area contributed by atoms with Crippen LogP contribution in [0.1, 0.15) is 0 Å². The molecule has 0 unspecified atom stereocenters. The van der Waals surface area contributed by atoms with Gasteiger partial charge in [-0.25, -0.2) is 0 Å². The summed E-state index contributed by atoms with van der Waals surface area (Å²) in [6.07, 6.45) is -1.83. The Hall–Kier alpha value is -1.71. The number of carbonyl (C=O) groups excluding carboxylic acids is 3. The van der Waals surface area contributed by atoms with Gasteiger partial charge in [0, 0.05) is 0 Å². The number of hydrogen-bond donors (Lipinski definition) is 5. The molecule has 1 aliphatic rings. The zero-order valence-corrected chi connectivity index (χ0v) is 10.4. The third kappa shape index (κ3) is 6.45. The predicted molar refractivity (Wildman–Crippen MR) is 65.5 cm³/mol. The lowest BCUT2D eigenvalue weighted by Gasteiger charge is -2.22. The van der Waals surface area contributed by atoms with E-state index in [1.807, 2.05) is 0 Å². The van der Waals surface area contributed by atoms with Crippen LogP contribution in [0.5, 0.6) is 0 Å². The average Bonchev–Trinajstić information content (AvgIpc) is 2.47. The highest BCUT2D eigenvalue weighted by Gasteiger charge is 2.29. The maximum absolute atomic E-state index is 10.3. The summed E-state index contributed by atoms with van der Waals surface area (Å²) in [5.41, 5.74) is 0. The molecule has 8 heteroatoms. The van der Waals surface area contributed by atoms with Crippen molar-refractivity contribution in [1.82, 2.24) is 0 Å². The fourth-order valence-electron chi connectivity index (χ4n) is 1.06. The summed E-state index contributed by atoms with van der Waals surface area (Å²) in [6.45, 7) is -0.760. The van der Waals surface area contributed by atoms with Crippen LogP contribution in [0.4, 0.5) is 0 Å². The Bertz CT molecular complexity index is 362. The van der Waals surface area contributed by atoms with Gasteiger partial charge in [0.15, 0.2) is 17.9 Å². The van der Waals surface area contributed by atoms with E-state index in [-0.39, 0.29) is 17.9 Å². The van der Waals surface area contributed by atoms with Crippen molar-refractivity contribution < 1.29 is 39.9 Å². The van der Waals surface area contributed by atoms with Crippen molar-refractivity contribution in [2.24, 2.45) is 0 Å². The average molecular weight is 288 g/mol. The first-order chi connectivity index (χ1) is 9.33. The molecule has 0 aliphatic heterocycles. The Balaban J connectivity index is 0.000000388. The fourth-order valence-corrected chi connectivity index (χ4v) is 1.06. The first-order valence-corrected chi connectivity index (χ1v) is 5.56. The molecule has 0 aromatic carbocycles. The first-order valence-electron chi connectivity index (χ1n) is 5.56. The molecule has 0 aromatic heterocycles. The van der Waals surface area contributed by atoms with Crippen LogP contribution in [0, 0.1) is 0 Å². The lowest BCUT2D eigenvalue weighted by Crippen LogP contribution is -2.46. The molecule has 0 fully saturated rings. The van der Waals surface area contributed by atoms with Crippen molar-refractivity contribution in [2.75, 3.05) is 6.61 Å². The van der Waals surface area contributed by atoms with E-state index in [9.17, 15) is 14.4 Å². The smallest absolute Gasteiger partial charge is 0.178 e. The SMILES string of the molecule is O=C1C=CC(=O)C=C1.O=C[C@H](O)[C@@H](O)[C@H](O)[C@H](O)CO. The van der Waals surface area contributed by atoms with Crippen molar-refractivity contribution in [3.63, 3.8) is 0 Å². The Morgan fingerprint density at radius 1 is 0.900 bits per heavy atom. The minimum absolute atomic E-state index is 0.0258. The van der Waals surface area contributed by atoms with Gasteiger partial charge in [0.05, 0.1) is 6.61 Å². The van der Waals surface area contributed by atoms with Crippen molar-refractivity contribution in [2.45, 2.75) is 24.4 Å². The standard InChI is InChI=1S/C6H12O6.C6H4O2/c7-1-3(9)5(11)6(12)4(10)2-8;7-5-1-2-6(8)4-3-5/h1,3-6,8-12H,2H2;1-4H/t3-,4+,5+,6+;/m0./s1. The number of allylic oxidation sites excluding steroid dienone is 4. The highest BCUT2D eigenvalue weighted by Crippen LogP contribution is 2.02. The maximum Gasteiger partial charge on any atom is 0.178 e. The predicted octanol–water partition coefficient (Wildman–Crippen LogP) is -3.13. The molecule has 5 N–H and O–H groups in total. The van der Waals surface area contributed by atoms with Gasteiger partial charge in [-0.15, -0.1) is 0 Å². The minimum Gasteiger partial charge on any atom is -0.394 e. The summed E-state index contributed by atoms with van der Waals surface area (Å²) in [5, 5.41) is 43.5. The Morgan fingerprint density at radius 3 is 1.60 bits per heavy atom. The molecule has 8 nitrogen and oxygen atoms in total. The third-order valence-electron chi connectivity index (χ3n) is 2.24. The van der Waals surface area contributed by atoms with E-state index in [2.05, 4.69) is 0 Å². The topological polar surface area (TPSA) is 152 Å². The van der Waals surface area contributed by atoms with Crippen molar-refractivity contribution in [3.05, 3.63) is 24.3 Å². The highest BCUT2D eigenvalue weighted by molar-refractivity contribution is 6.14. The summed E-state index contributed by atoms with van der Waals surface area (Å²) >= 11 is 0. The van der Waals surface area contributed by atoms with Crippen LogP contribution in [-0.2, 0) is 14.4 Å². The highest BCUT2D eigenvalue weighted by atomic mass is 16.4. The summed E-state index contributed by atoms with van der Waals surface area (Å²) in [4.78, 5) is 30.5. The van der Waals surface area contributed by atoms with Crippen molar-refractivity contribution >= 4 is 17.9 Å². The Labute approximate surface area is 114 Å². The quantitative estimate of drug-likeness (QED) is 0.263. The molecule has 0 spiro atoms. The van der Waals surface area contributed by atoms with E-state index in [1.165, 1.54) is 24.3 Å². The monoisotopic (exact) mass is 288 g/mol. The Morgan fingerprint density at radius 2 is 1.30 bits per heavy atom. The summed E-state index contributed by atoms with van der Waals surface area (Å²) < 4.78 is 0. The number of aliphatic hydroxyl groups is 5. The van der Waals surface area contributed by atoms with Gasteiger partial charge in [-0.2, -0.15) is 0 Å². The number of carbonyl (C=O) groups is 3. The number of rotatable bonds is 5. The fraction of sp³-hybridized carbons (Fsp3) is 0.417. The molecule has 0 heterocycles. The third-order valence-corrected chi connectivity index (χ3v) is 2.24. The van der Waals surface area contributed by atoms with Crippen LogP contribution in [0.25, 0.3) is 0 Å². The van der Waals surface area contributed by atoms with Gasteiger partial charge in [-0.1, -0.05) is 0 Å². The molecular formula is C12H16O8. The number of aldehydes is 1. The Kier molecular flexibility index (Phi) is 8.45. The van der Waals surface area contributed by atoms with Crippen LogP contribution in [-0.4, -0.2) is 74.4 Å². The lowest BCUT2D eigenvalue weighted by molar-refractivity contribution is -0.136. The van der Waals surface area contributed by atoms with Gasteiger partial charge in [-0.05, 0) is 24.3 Å². The van der Waals surface area contributed by atoms with E-state index in [4.69, 9.17) is 25.5 Å². The molecule has 112 valence electrons. The normalized spacial score (nSPS) is 19.6. The molecule has 1 rings (SSSR count). The van der Waals surface area contributed by atoms with Crippen LogP contribution in [0.15, 0.2) is 24.3 Å². The first kappa shape index (κ1) is 18.3. The van der Waals surface area contributed by atoms with Crippen molar-refractivity contribution in [1.29, 1.82) is 0 Å². The zero-order valence-electron chi connectivity index (χ0n) is 10.4. The number of hydrogen-bond acceptors (Lipinski definition) is 8. The molecule has 0 amide bonds. The number of aliphatic hydroxyl groups excluding tert-OH is 5. The molecule has 4 atom stereocenters. The number of ketones is 2. The van der Waals surface area contributed by atoms with Gasteiger partial charge >= 0.3 is 0 Å². The van der Waals surface area contributed by atoms with Gasteiger partial charge in [0.25, 0.3) is 0 Å². The molecular weight excluding hydrogens is 272 g/mol. The van der Waals surface area contributed by atoms with Gasteiger partial charge in [-0.3, -0.25) is 9.59 Å². The van der Waals surface area contributed by atoms with Crippen LogP contribution in [0.2, 0.25) is 0 Å². The molecule has 20 heavy (non-hydrogen) atoms. The maximum atomic E-state index is 10.3. The van der Waals surface area contributed by atoms with E-state index < -0.39 is 31.0 Å². The lowest BCUT2D eigenvalue weighted by atomic mass is 10.0. The zero-order chi connectivity index (χ0) is 15.7. The summed E-state index contributed by atoms with van der Waals surface area (Å²) in [7, 11) is 0. The van der Waals surface area contributed by atoms with E-state index in [1.54, 1.807) is 0 Å². The molecule has 0 saturated carbocycles.